The fraction of sp³-hybridized carbons (Fsp3) is 0.278. The second kappa shape index (κ2) is 15.8. The second-order valence-corrected chi connectivity index (χ2v) is 14.3. The lowest BCUT2D eigenvalue weighted by Crippen LogP contribution is -2.55. The molecule has 4 aromatic rings. The van der Waals surface area contributed by atoms with Crippen molar-refractivity contribution in [3.8, 4) is 0 Å². The molecule has 1 aliphatic carbocycles. The number of rotatable bonds is 12. The van der Waals surface area contributed by atoms with Gasteiger partial charge in [-0.2, -0.15) is 0 Å². The van der Waals surface area contributed by atoms with Crippen LogP contribution in [0.5, 0.6) is 0 Å². The molecule has 0 aliphatic heterocycles. The van der Waals surface area contributed by atoms with E-state index in [0.29, 0.717) is 10.6 Å². The van der Waals surface area contributed by atoms with Crippen molar-refractivity contribution in [1.82, 2.24) is 10.2 Å². The molecular weight excluding hydrogens is 660 g/mol. The quantitative estimate of drug-likeness (QED) is 0.167. The number of nitrogens with one attached hydrogen (secondary N) is 1. The number of nitrogens with zero attached hydrogens (tertiary/aromatic N) is 2. The molecule has 7 nitrogen and oxygen atoms in total. The number of halogens is 3. The number of benzene rings is 4. The van der Waals surface area contributed by atoms with E-state index in [-0.39, 0.29) is 40.5 Å². The van der Waals surface area contributed by atoms with Crippen molar-refractivity contribution >= 4 is 50.7 Å². The van der Waals surface area contributed by atoms with E-state index in [4.69, 9.17) is 23.2 Å². The monoisotopic (exact) mass is 695 g/mol. The number of hydrogen-bond acceptors (Lipinski definition) is 4. The van der Waals surface area contributed by atoms with E-state index in [1.165, 1.54) is 35.2 Å². The Morgan fingerprint density at radius 2 is 1.45 bits per heavy atom. The summed E-state index contributed by atoms with van der Waals surface area (Å²) >= 11 is 12.5. The van der Waals surface area contributed by atoms with Crippen molar-refractivity contribution in [3.05, 3.63) is 130 Å². The Bertz CT molecular complexity index is 1790. The number of sulfonamides is 1. The standard InChI is InChI=1S/C36H36Cl2FN3O4S/c37-30-21-20-27(22-31(30)38)24-41(34(23-26-12-4-1-5-13-26)36(44)40-28-14-6-2-7-15-28)35(43)25-42(33-19-11-10-18-32(33)39)47(45,46)29-16-8-3-9-17-29/h1,3-5,8-13,16-22,28,34H,2,6-7,14-15,23-25H2,(H,40,44). The number of hydrogen-bond donors (Lipinski definition) is 1. The van der Waals surface area contributed by atoms with Gasteiger partial charge in [0.2, 0.25) is 11.8 Å². The van der Waals surface area contributed by atoms with Crippen LogP contribution < -0.4 is 9.62 Å². The molecule has 1 saturated carbocycles. The van der Waals surface area contributed by atoms with Crippen LogP contribution in [0.1, 0.15) is 43.2 Å². The molecule has 2 amide bonds. The van der Waals surface area contributed by atoms with E-state index in [1.807, 2.05) is 30.3 Å². The summed E-state index contributed by atoms with van der Waals surface area (Å²) in [7, 11) is -4.41. The molecule has 1 unspecified atom stereocenters. The van der Waals surface area contributed by atoms with Crippen LogP contribution in [-0.2, 0) is 32.6 Å². The highest BCUT2D eigenvalue weighted by Crippen LogP contribution is 2.28. The lowest BCUT2D eigenvalue weighted by molar-refractivity contribution is -0.140. The van der Waals surface area contributed by atoms with Gasteiger partial charge < -0.3 is 10.2 Å². The van der Waals surface area contributed by atoms with Gasteiger partial charge in [0, 0.05) is 19.0 Å². The van der Waals surface area contributed by atoms with Crippen molar-refractivity contribution in [3.63, 3.8) is 0 Å². The normalized spacial score (nSPS) is 14.3. The zero-order valence-corrected chi connectivity index (χ0v) is 28.0. The molecule has 1 aliphatic rings. The first-order valence-electron chi connectivity index (χ1n) is 15.5. The van der Waals surface area contributed by atoms with Gasteiger partial charge in [0.25, 0.3) is 10.0 Å². The third-order valence-electron chi connectivity index (χ3n) is 8.29. The summed E-state index contributed by atoms with van der Waals surface area (Å²) < 4.78 is 44.1. The Balaban J connectivity index is 1.58. The van der Waals surface area contributed by atoms with Crippen LogP contribution >= 0.6 is 23.2 Å². The summed E-state index contributed by atoms with van der Waals surface area (Å²) in [5.41, 5.74) is 1.11. The first-order chi connectivity index (χ1) is 22.6. The predicted octanol–water partition coefficient (Wildman–Crippen LogP) is 7.42. The minimum Gasteiger partial charge on any atom is -0.352 e. The van der Waals surface area contributed by atoms with Crippen LogP contribution in [0.3, 0.4) is 0 Å². The number of para-hydroxylation sites is 1. The van der Waals surface area contributed by atoms with E-state index in [0.717, 1.165) is 48.0 Å². The summed E-state index contributed by atoms with van der Waals surface area (Å²) in [6, 6.07) is 26.1. The van der Waals surface area contributed by atoms with Gasteiger partial charge in [-0.15, -0.1) is 0 Å². The summed E-state index contributed by atoms with van der Waals surface area (Å²) in [5.74, 6) is -1.86. The molecule has 0 bridgehead atoms. The summed E-state index contributed by atoms with van der Waals surface area (Å²) in [6.07, 6.45) is 4.92. The molecule has 0 radical (unpaired) electrons. The van der Waals surface area contributed by atoms with Gasteiger partial charge in [0.15, 0.2) is 0 Å². The van der Waals surface area contributed by atoms with Crippen molar-refractivity contribution in [2.75, 3.05) is 10.8 Å². The lowest BCUT2D eigenvalue weighted by atomic mass is 9.94. The number of carbonyl (C=O) groups is 2. The number of amides is 2. The smallest absolute Gasteiger partial charge is 0.264 e. The van der Waals surface area contributed by atoms with Gasteiger partial charge in [-0.25, -0.2) is 12.8 Å². The molecule has 5 rings (SSSR count). The second-order valence-electron chi connectivity index (χ2n) is 11.6. The lowest BCUT2D eigenvalue weighted by Gasteiger charge is -2.35. The van der Waals surface area contributed by atoms with Crippen LogP contribution in [0.4, 0.5) is 10.1 Å². The number of anilines is 1. The Labute approximate surface area is 285 Å². The Morgan fingerprint density at radius 3 is 2.11 bits per heavy atom. The molecule has 11 heteroatoms. The van der Waals surface area contributed by atoms with Gasteiger partial charge in [-0.3, -0.25) is 13.9 Å². The topological polar surface area (TPSA) is 86.8 Å². The largest absolute Gasteiger partial charge is 0.352 e. The highest BCUT2D eigenvalue weighted by molar-refractivity contribution is 7.92. The number of carbonyl (C=O) groups excluding carboxylic acids is 2. The molecule has 1 N–H and O–H groups in total. The minimum absolute atomic E-state index is 0.0372. The van der Waals surface area contributed by atoms with Gasteiger partial charge in [0.05, 0.1) is 20.6 Å². The molecule has 0 saturated heterocycles. The maximum absolute atomic E-state index is 15.3. The van der Waals surface area contributed by atoms with Crippen LogP contribution in [0, 0.1) is 5.82 Å². The Kier molecular flexibility index (Phi) is 11.6. The van der Waals surface area contributed by atoms with Crippen molar-refractivity contribution in [2.45, 2.75) is 62.0 Å². The maximum Gasteiger partial charge on any atom is 0.264 e. The van der Waals surface area contributed by atoms with Gasteiger partial charge in [-0.05, 0) is 60.4 Å². The molecule has 0 spiro atoms. The van der Waals surface area contributed by atoms with Crippen LogP contribution in [0.25, 0.3) is 0 Å². The average molecular weight is 697 g/mol. The van der Waals surface area contributed by atoms with Crippen molar-refractivity contribution in [1.29, 1.82) is 0 Å². The summed E-state index contributed by atoms with van der Waals surface area (Å²) in [5, 5.41) is 3.75. The molecule has 1 fully saturated rings. The van der Waals surface area contributed by atoms with E-state index < -0.39 is 34.3 Å². The average Bonchev–Trinajstić information content (AvgIpc) is 3.08. The zero-order chi connectivity index (χ0) is 33.4. The molecular formula is C36H36Cl2FN3O4S. The minimum atomic E-state index is -4.41. The van der Waals surface area contributed by atoms with Crippen molar-refractivity contribution in [2.24, 2.45) is 0 Å². The fourth-order valence-corrected chi connectivity index (χ4v) is 7.58. The highest BCUT2D eigenvalue weighted by atomic mass is 35.5. The van der Waals surface area contributed by atoms with E-state index >= 15 is 4.39 Å². The maximum atomic E-state index is 15.3. The molecule has 0 aromatic heterocycles. The van der Waals surface area contributed by atoms with Crippen LogP contribution in [0.2, 0.25) is 10.0 Å². The predicted molar refractivity (Wildman–Crippen MR) is 183 cm³/mol. The third kappa shape index (κ3) is 8.71. The van der Waals surface area contributed by atoms with E-state index in [2.05, 4.69) is 5.32 Å². The van der Waals surface area contributed by atoms with Crippen LogP contribution in [-0.4, -0.2) is 43.8 Å². The Hall–Kier alpha value is -3.92. The van der Waals surface area contributed by atoms with Gasteiger partial charge >= 0.3 is 0 Å². The van der Waals surface area contributed by atoms with E-state index in [9.17, 15) is 18.0 Å². The third-order valence-corrected chi connectivity index (χ3v) is 10.8. The molecule has 4 aromatic carbocycles. The van der Waals surface area contributed by atoms with Crippen LogP contribution in [0.15, 0.2) is 108 Å². The zero-order valence-electron chi connectivity index (χ0n) is 25.7. The van der Waals surface area contributed by atoms with Crippen molar-refractivity contribution < 1.29 is 22.4 Å². The SMILES string of the molecule is O=C(NC1CCCCC1)C(Cc1ccccc1)N(Cc1ccc(Cl)c(Cl)c1)C(=O)CN(c1ccccc1F)S(=O)(=O)c1ccccc1. The van der Waals surface area contributed by atoms with E-state index in [1.54, 1.807) is 36.4 Å². The molecule has 0 heterocycles. The molecule has 47 heavy (non-hydrogen) atoms. The molecule has 1 atom stereocenters. The first-order valence-corrected chi connectivity index (χ1v) is 17.7. The van der Waals surface area contributed by atoms with Gasteiger partial charge in [-0.1, -0.05) is 109 Å². The summed E-state index contributed by atoms with van der Waals surface area (Å²) in [4.78, 5) is 30.0. The first kappa shape index (κ1) is 34.4. The van der Waals surface area contributed by atoms with Gasteiger partial charge in [0.1, 0.15) is 18.4 Å². The molecule has 246 valence electrons. The highest BCUT2D eigenvalue weighted by Gasteiger charge is 2.36. The summed E-state index contributed by atoms with van der Waals surface area (Å²) in [6.45, 7) is -0.844. The fourth-order valence-electron chi connectivity index (χ4n) is 5.82. The Morgan fingerprint density at radius 1 is 0.809 bits per heavy atom.